The molecule has 198 valence electrons. The van der Waals surface area contributed by atoms with Crippen LogP contribution in [-0.2, 0) is 9.53 Å². The quantitative estimate of drug-likeness (QED) is 0.0888. The molecule has 0 amide bonds. The molecule has 0 rings (SSSR count). The van der Waals surface area contributed by atoms with Gasteiger partial charge in [0.25, 0.3) is 0 Å². The van der Waals surface area contributed by atoms with Crippen LogP contribution in [0.15, 0.2) is 0 Å². The number of unbranched alkanes of at least 4 members (excludes halogenated alkanes) is 22. The fraction of sp³-hybridized carbons (Fsp3) is 0.968. The summed E-state index contributed by atoms with van der Waals surface area (Å²) in [6, 6.07) is 0. The Labute approximate surface area is 209 Å². The molecule has 0 aliphatic heterocycles. The third-order valence-electron chi connectivity index (χ3n) is 7.09. The minimum atomic E-state index is -0.108. The van der Waals surface area contributed by atoms with Crippen LogP contribution >= 0.6 is 0 Å². The van der Waals surface area contributed by atoms with Crippen LogP contribution in [0.1, 0.15) is 188 Å². The lowest BCUT2D eigenvalue weighted by atomic mass is 10.0. The van der Waals surface area contributed by atoms with Gasteiger partial charge in [-0.05, 0) is 25.7 Å². The molecule has 2 nitrogen and oxygen atoms in total. The molecular formula is C31H62O2. The summed E-state index contributed by atoms with van der Waals surface area (Å²) in [4.78, 5) is 11.3. The summed E-state index contributed by atoms with van der Waals surface area (Å²) in [5.74, 6) is -0.108. The predicted molar refractivity (Wildman–Crippen MR) is 147 cm³/mol. The number of ether oxygens (including phenoxy) is 1. The average molecular weight is 467 g/mol. The zero-order valence-corrected chi connectivity index (χ0v) is 23.3. The highest BCUT2D eigenvalue weighted by molar-refractivity contribution is 5.66. The monoisotopic (exact) mass is 466 g/mol. The van der Waals surface area contributed by atoms with Gasteiger partial charge in [0.2, 0.25) is 0 Å². The van der Waals surface area contributed by atoms with E-state index in [0.29, 0.717) is 0 Å². The van der Waals surface area contributed by atoms with Crippen molar-refractivity contribution >= 4 is 5.97 Å². The van der Waals surface area contributed by atoms with E-state index in [-0.39, 0.29) is 12.1 Å². The van der Waals surface area contributed by atoms with Gasteiger partial charge in [-0.25, -0.2) is 0 Å². The van der Waals surface area contributed by atoms with Crippen LogP contribution in [0.5, 0.6) is 0 Å². The molecule has 2 heteroatoms. The molecule has 0 aromatic heterocycles. The number of hydrogen-bond donors (Lipinski definition) is 0. The van der Waals surface area contributed by atoms with Gasteiger partial charge in [0, 0.05) is 6.92 Å². The summed E-state index contributed by atoms with van der Waals surface area (Å²) in [6.45, 7) is 6.09. The molecule has 0 spiro atoms. The van der Waals surface area contributed by atoms with Crippen molar-refractivity contribution in [2.24, 2.45) is 0 Å². The lowest BCUT2D eigenvalue weighted by Crippen LogP contribution is -2.16. The molecule has 1 atom stereocenters. The Hall–Kier alpha value is -0.530. The van der Waals surface area contributed by atoms with E-state index in [0.717, 1.165) is 12.8 Å². The van der Waals surface area contributed by atoms with Gasteiger partial charge < -0.3 is 4.74 Å². The minimum absolute atomic E-state index is 0.108. The van der Waals surface area contributed by atoms with Gasteiger partial charge in [-0.3, -0.25) is 4.79 Å². The standard InChI is InChI=1S/C31H62O2/c1-4-6-8-10-11-12-13-14-15-16-17-18-19-20-21-22-23-24-25-27-29-31(33-30(3)32)28-26-9-7-5-2/h31H,4-29H2,1-3H3. The highest BCUT2D eigenvalue weighted by atomic mass is 16.5. The summed E-state index contributed by atoms with van der Waals surface area (Å²) < 4.78 is 5.53. The fourth-order valence-corrected chi connectivity index (χ4v) is 4.92. The predicted octanol–water partition coefficient (Wildman–Crippen LogP) is 11.1. The Kier molecular flexibility index (Phi) is 27.3. The molecule has 0 saturated heterocycles. The fourth-order valence-electron chi connectivity index (χ4n) is 4.92. The molecule has 0 bridgehead atoms. The number of rotatable bonds is 27. The normalized spacial score (nSPS) is 12.2. The first-order valence-corrected chi connectivity index (χ1v) is 15.4. The van der Waals surface area contributed by atoms with E-state index >= 15 is 0 Å². The maximum atomic E-state index is 11.3. The molecule has 0 radical (unpaired) electrons. The lowest BCUT2D eigenvalue weighted by Gasteiger charge is -2.17. The van der Waals surface area contributed by atoms with Gasteiger partial charge >= 0.3 is 5.97 Å². The number of hydrogen-bond acceptors (Lipinski definition) is 2. The molecule has 1 unspecified atom stereocenters. The molecule has 0 aromatic rings. The van der Waals surface area contributed by atoms with Gasteiger partial charge in [-0.1, -0.05) is 155 Å². The second-order valence-electron chi connectivity index (χ2n) is 10.6. The Bertz CT molecular complexity index is 379. The molecule has 0 heterocycles. The van der Waals surface area contributed by atoms with Crippen molar-refractivity contribution in [2.75, 3.05) is 0 Å². The van der Waals surface area contributed by atoms with Crippen molar-refractivity contribution in [2.45, 2.75) is 194 Å². The van der Waals surface area contributed by atoms with Crippen LogP contribution in [0, 0.1) is 0 Å². The topological polar surface area (TPSA) is 26.3 Å². The van der Waals surface area contributed by atoms with Gasteiger partial charge in [-0.15, -0.1) is 0 Å². The molecule has 33 heavy (non-hydrogen) atoms. The highest BCUT2D eigenvalue weighted by Crippen LogP contribution is 2.17. The van der Waals surface area contributed by atoms with Crippen molar-refractivity contribution < 1.29 is 9.53 Å². The smallest absolute Gasteiger partial charge is 0.302 e. The second-order valence-corrected chi connectivity index (χ2v) is 10.6. The van der Waals surface area contributed by atoms with E-state index in [1.165, 1.54) is 154 Å². The van der Waals surface area contributed by atoms with Gasteiger partial charge in [-0.2, -0.15) is 0 Å². The molecule has 0 aromatic carbocycles. The van der Waals surface area contributed by atoms with E-state index in [1.807, 2.05) is 0 Å². The molecular weight excluding hydrogens is 404 g/mol. The van der Waals surface area contributed by atoms with Crippen LogP contribution in [-0.4, -0.2) is 12.1 Å². The van der Waals surface area contributed by atoms with Crippen molar-refractivity contribution in [3.8, 4) is 0 Å². The average Bonchev–Trinajstić information content (AvgIpc) is 2.80. The third kappa shape index (κ3) is 27.6. The Morgan fingerprint density at radius 3 is 0.970 bits per heavy atom. The molecule has 0 saturated carbocycles. The number of carbonyl (C=O) groups is 1. The van der Waals surface area contributed by atoms with Gasteiger partial charge in [0.15, 0.2) is 0 Å². The van der Waals surface area contributed by atoms with E-state index in [9.17, 15) is 4.79 Å². The van der Waals surface area contributed by atoms with Gasteiger partial charge in [0.05, 0.1) is 0 Å². The zero-order valence-electron chi connectivity index (χ0n) is 23.3. The number of esters is 1. The van der Waals surface area contributed by atoms with Crippen LogP contribution in [0.2, 0.25) is 0 Å². The van der Waals surface area contributed by atoms with Crippen LogP contribution in [0.3, 0.4) is 0 Å². The molecule has 0 N–H and O–H groups in total. The number of carbonyl (C=O) groups excluding carboxylic acids is 1. The van der Waals surface area contributed by atoms with Crippen molar-refractivity contribution in [1.29, 1.82) is 0 Å². The summed E-state index contributed by atoms with van der Waals surface area (Å²) in [7, 11) is 0. The molecule has 0 aliphatic rings. The summed E-state index contributed by atoms with van der Waals surface area (Å²) in [5.41, 5.74) is 0. The van der Waals surface area contributed by atoms with E-state index in [1.54, 1.807) is 6.92 Å². The summed E-state index contributed by atoms with van der Waals surface area (Å²) in [5, 5.41) is 0. The lowest BCUT2D eigenvalue weighted by molar-refractivity contribution is -0.147. The summed E-state index contributed by atoms with van der Waals surface area (Å²) >= 11 is 0. The van der Waals surface area contributed by atoms with Crippen LogP contribution in [0.4, 0.5) is 0 Å². The zero-order chi connectivity index (χ0) is 24.2. The van der Waals surface area contributed by atoms with Crippen LogP contribution < -0.4 is 0 Å². The maximum absolute atomic E-state index is 11.3. The summed E-state index contributed by atoms with van der Waals surface area (Å²) in [6.07, 6.45) is 35.7. The van der Waals surface area contributed by atoms with Crippen molar-refractivity contribution in [3.05, 3.63) is 0 Å². The Morgan fingerprint density at radius 2 is 0.697 bits per heavy atom. The Morgan fingerprint density at radius 1 is 0.455 bits per heavy atom. The van der Waals surface area contributed by atoms with Crippen molar-refractivity contribution in [1.82, 2.24) is 0 Å². The first-order valence-electron chi connectivity index (χ1n) is 15.4. The largest absolute Gasteiger partial charge is 0.463 e. The molecule has 0 fully saturated rings. The highest BCUT2D eigenvalue weighted by Gasteiger charge is 2.11. The SMILES string of the molecule is CCCCCCCCCCCCCCCCCCCCCCC(CCCCCC)OC(C)=O. The first kappa shape index (κ1) is 32.5. The van der Waals surface area contributed by atoms with E-state index < -0.39 is 0 Å². The second kappa shape index (κ2) is 27.7. The van der Waals surface area contributed by atoms with Crippen LogP contribution in [0.25, 0.3) is 0 Å². The van der Waals surface area contributed by atoms with E-state index in [4.69, 9.17) is 4.74 Å². The molecule has 0 aliphatic carbocycles. The first-order chi connectivity index (χ1) is 16.2. The third-order valence-corrected chi connectivity index (χ3v) is 7.09. The Balaban J connectivity index is 3.31. The maximum Gasteiger partial charge on any atom is 0.302 e. The van der Waals surface area contributed by atoms with Gasteiger partial charge in [0.1, 0.15) is 6.10 Å². The van der Waals surface area contributed by atoms with E-state index in [2.05, 4.69) is 13.8 Å². The minimum Gasteiger partial charge on any atom is -0.463 e. The van der Waals surface area contributed by atoms with Crippen molar-refractivity contribution in [3.63, 3.8) is 0 Å².